The normalized spacial score (nSPS) is 18.8. The van der Waals surface area contributed by atoms with Gasteiger partial charge in [0.2, 0.25) is 5.95 Å². The van der Waals surface area contributed by atoms with Gasteiger partial charge in [0.15, 0.2) is 0 Å². The van der Waals surface area contributed by atoms with Gasteiger partial charge >= 0.3 is 18.3 Å². The van der Waals surface area contributed by atoms with Crippen LogP contribution in [0.25, 0.3) is 11.3 Å². The number of hydrogen-bond donors (Lipinski definition) is 2. The monoisotopic (exact) mass is 656 g/mol. The van der Waals surface area contributed by atoms with Crippen molar-refractivity contribution in [3.63, 3.8) is 0 Å². The van der Waals surface area contributed by atoms with Gasteiger partial charge in [-0.15, -0.1) is 0 Å². The molecule has 2 N–H and O–H groups in total. The van der Waals surface area contributed by atoms with E-state index in [-0.39, 0.29) is 47.2 Å². The van der Waals surface area contributed by atoms with Crippen molar-refractivity contribution in [2.45, 2.75) is 78.7 Å². The van der Waals surface area contributed by atoms with Gasteiger partial charge < -0.3 is 25.2 Å². The molecule has 2 fully saturated rings. The van der Waals surface area contributed by atoms with Gasteiger partial charge in [-0.1, -0.05) is 32.9 Å². The fourth-order valence-corrected chi connectivity index (χ4v) is 5.85. The van der Waals surface area contributed by atoms with Crippen LogP contribution in [0.1, 0.15) is 71.6 Å². The predicted molar refractivity (Wildman–Crippen MR) is 171 cm³/mol. The number of urea groups is 1. The Morgan fingerprint density at radius 3 is 2.43 bits per heavy atom. The van der Waals surface area contributed by atoms with Gasteiger partial charge in [-0.3, -0.25) is 4.68 Å². The second kappa shape index (κ2) is 13.0. The first kappa shape index (κ1) is 34.0. The second-order valence-corrected chi connectivity index (χ2v) is 14.3. The third kappa shape index (κ3) is 8.52. The van der Waals surface area contributed by atoms with Crippen LogP contribution in [0.4, 0.5) is 34.4 Å². The maximum Gasteiger partial charge on any atom is 0.416 e. The Morgan fingerprint density at radius 2 is 1.74 bits per heavy atom. The molecule has 0 saturated carbocycles. The van der Waals surface area contributed by atoms with E-state index in [1.54, 1.807) is 32.9 Å². The molecular weight excluding hydrogens is 613 g/mol. The minimum atomic E-state index is -4.64. The molecule has 47 heavy (non-hydrogen) atoms. The van der Waals surface area contributed by atoms with Gasteiger partial charge in [-0.2, -0.15) is 18.3 Å². The lowest BCUT2D eigenvalue weighted by Crippen LogP contribution is -2.39. The summed E-state index contributed by atoms with van der Waals surface area (Å²) in [5.74, 6) is 0.527. The van der Waals surface area contributed by atoms with E-state index >= 15 is 0 Å². The summed E-state index contributed by atoms with van der Waals surface area (Å²) in [6.45, 7) is 13.8. The number of ether oxygens (including phenoxy) is 1. The van der Waals surface area contributed by atoms with Crippen LogP contribution in [0, 0.1) is 11.3 Å². The molecule has 0 aliphatic carbocycles. The van der Waals surface area contributed by atoms with Crippen LogP contribution in [0.2, 0.25) is 0 Å². The number of amides is 3. The summed E-state index contributed by atoms with van der Waals surface area (Å²) in [4.78, 5) is 37.2. The Bertz CT molecular complexity index is 1590. The summed E-state index contributed by atoms with van der Waals surface area (Å²) in [7, 11) is 0. The number of halogens is 3. The Hall–Kier alpha value is -4.36. The number of alkyl halides is 3. The smallest absolute Gasteiger partial charge is 0.416 e. The van der Waals surface area contributed by atoms with E-state index in [2.05, 4.69) is 46.5 Å². The quantitative estimate of drug-likeness (QED) is 0.298. The SMILES string of the molecule is CC(C)(C)OC(=O)N1CCC(n2cc(Nc3nccc(-c4ccc(CNC(=O)N5CCC(C(C)(C)C)C5)c(C(F)(F)F)c4)n3)cn2)C1. The third-order valence-electron chi connectivity index (χ3n) is 8.54. The molecule has 0 radical (unpaired) electrons. The molecule has 14 heteroatoms. The number of carbonyl (C=O) groups is 2. The highest BCUT2D eigenvalue weighted by Crippen LogP contribution is 2.36. The number of nitrogens with zero attached hydrogens (tertiary/aromatic N) is 6. The van der Waals surface area contributed by atoms with E-state index < -0.39 is 17.3 Å². The molecule has 2 saturated heterocycles. The molecule has 2 aromatic heterocycles. The van der Waals surface area contributed by atoms with E-state index in [0.717, 1.165) is 12.5 Å². The summed E-state index contributed by atoms with van der Waals surface area (Å²) in [6, 6.07) is 5.12. The Balaban J connectivity index is 1.24. The molecular formula is C33H43F3N8O3. The van der Waals surface area contributed by atoms with E-state index in [9.17, 15) is 22.8 Å². The summed E-state index contributed by atoms with van der Waals surface area (Å²) in [6.07, 6.45) is 1.42. The van der Waals surface area contributed by atoms with Crippen LogP contribution in [0.3, 0.4) is 0 Å². The Labute approximate surface area is 272 Å². The first-order valence-corrected chi connectivity index (χ1v) is 15.8. The molecule has 254 valence electrons. The standard InChI is InChI=1S/C33H43F3N8O3/c1-31(2,3)23-10-13-42(18-23)29(45)38-16-22-8-7-21(15-26(22)33(34,35)36)27-9-12-37-28(41-27)40-24-17-39-44(19-24)25-11-14-43(20-25)30(46)47-32(4,5)6/h7-9,12,15,17,19,23,25H,10-11,13-14,16,18,20H2,1-6H3,(H,38,45)(H,37,40,41). The van der Waals surface area contributed by atoms with Crippen LogP contribution in [-0.4, -0.2) is 73.5 Å². The highest BCUT2D eigenvalue weighted by Gasteiger charge is 2.36. The third-order valence-corrected chi connectivity index (χ3v) is 8.54. The number of carbonyl (C=O) groups excluding carboxylic acids is 2. The topological polar surface area (TPSA) is 118 Å². The average molecular weight is 657 g/mol. The Kier molecular flexibility index (Phi) is 9.43. The van der Waals surface area contributed by atoms with Crippen LogP contribution in [0.5, 0.6) is 0 Å². The van der Waals surface area contributed by atoms with Crippen LogP contribution >= 0.6 is 0 Å². The van der Waals surface area contributed by atoms with Gasteiger partial charge in [0.25, 0.3) is 0 Å². The van der Waals surface area contributed by atoms with E-state index in [0.29, 0.717) is 49.9 Å². The largest absolute Gasteiger partial charge is 0.444 e. The number of nitrogens with one attached hydrogen (secondary N) is 2. The highest BCUT2D eigenvalue weighted by molar-refractivity contribution is 5.74. The predicted octanol–water partition coefficient (Wildman–Crippen LogP) is 6.86. The van der Waals surface area contributed by atoms with Crippen LogP contribution < -0.4 is 10.6 Å². The van der Waals surface area contributed by atoms with Crippen molar-refractivity contribution in [1.29, 1.82) is 0 Å². The maximum atomic E-state index is 14.2. The minimum absolute atomic E-state index is 0.0295. The Morgan fingerprint density at radius 1 is 1.00 bits per heavy atom. The molecule has 2 atom stereocenters. The fraction of sp³-hybridized carbons (Fsp3) is 0.545. The fourth-order valence-electron chi connectivity index (χ4n) is 5.85. The summed E-state index contributed by atoms with van der Waals surface area (Å²) >= 11 is 0. The number of rotatable bonds is 6. The number of likely N-dealkylation sites (tertiary alicyclic amines) is 2. The zero-order valence-corrected chi connectivity index (χ0v) is 27.7. The van der Waals surface area contributed by atoms with Gasteiger partial charge in [0.1, 0.15) is 5.60 Å². The van der Waals surface area contributed by atoms with Gasteiger partial charge in [-0.25, -0.2) is 19.6 Å². The molecule has 5 rings (SSSR count). The van der Waals surface area contributed by atoms with Crippen LogP contribution in [0.15, 0.2) is 42.9 Å². The summed E-state index contributed by atoms with van der Waals surface area (Å²) < 4.78 is 49.8. The van der Waals surface area contributed by atoms with Gasteiger partial charge in [0, 0.05) is 50.7 Å². The van der Waals surface area contributed by atoms with Gasteiger partial charge in [-0.05, 0) is 62.6 Å². The molecule has 3 amide bonds. The lowest BCUT2D eigenvalue weighted by atomic mass is 9.80. The summed E-state index contributed by atoms with van der Waals surface area (Å²) in [5, 5.41) is 10.2. The first-order valence-electron chi connectivity index (χ1n) is 15.8. The van der Waals surface area contributed by atoms with Crippen molar-refractivity contribution >= 4 is 23.8 Å². The minimum Gasteiger partial charge on any atom is -0.444 e. The van der Waals surface area contributed by atoms with Gasteiger partial charge in [0.05, 0.1) is 29.2 Å². The molecule has 2 aliphatic heterocycles. The molecule has 0 spiro atoms. The van der Waals surface area contributed by atoms with E-state index in [1.165, 1.54) is 18.3 Å². The van der Waals surface area contributed by atoms with Crippen molar-refractivity contribution in [3.8, 4) is 11.3 Å². The lowest BCUT2D eigenvalue weighted by Gasteiger charge is -2.27. The van der Waals surface area contributed by atoms with Crippen molar-refractivity contribution in [1.82, 2.24) is 34.9 Å². The molecule has 3 aromatic rings. The summed E-state index contributed by atoms with van der Waals surface area (Å²) in [5.41, 5.74) is -0.251. The molecule has 11 nitrogen and oxygen atoms in total. The van der Waals surface area contributed by atoms with Crippen molar-refractivity contribution in [2.75, 3.05) is 31.5 Å². The zero-order chi connectivity index (χ0) is 34.1. The molecule has 1 aromatic carbocycles. The number of hydrogen-bond acceptors (Lipinski definition) is 7. The van der Waals surface area contributed by atoms with Crippen molar-refractivity contribution in [3.05, 3.63) is 54.0 Å². The van der Waals surface area contributed by atoms with Crippen molar-refractivity contribution in [2.24, 2.45) is 11.3 Å². The molecule has 0 bridgehead atoms. The van der Waals surface area contributed by atoms with Crippen LogP contribution in [-0.2, 0) is 17.5 Å². The van der Waals surface area contributed by atoms with Crippen molar-refractivity contribution < 1.29 is 27.5 Å². The zero-order valence-electron chi connectivity index (χ0n) is 27.7. The van der Waals surface area contributed by atoms with E-state index in [4.69, 9.17) is 4.74 Å². The first-order chi connectivity index (χ1) is 22.0. The molecule has 4 heterocycles. The maximum absolute atomic E-state index is 14.2. The number of benzene rings is 1. The van der Waals surface area contributed by atoms with E-state index in [1.807, 2.05) is 20.8 Å². The average Bonchev–Trinajstić information content (AvgIpc) is 3.75. The molecule has 2 aliphatic rings. The lowest BCUT2D eigenvalue weighted by molar-refractivity contribution is -0.138. The molecule has 2 unspecified atom stereocenters. The number of anilines is 2. The second-order valence-electron chi connectivity index (χ2n) is 14.3. The number of aromatic nitrogens is 4. The highest BCUT2D eigenvalue weighted by atomic mass is 19.4.